The van der Waals surface area contributed by atoms with E-state index in [-0.39, 0.29) is 0 Å². The fraction of sp³-hybridized carbons (Fsp3) is 0.344. The monoisotopic (exact) mass is 433 g/mol. The van der Waals surface area contributed by atoms with Crippen LogP contribution in [0.15, 0.2) is 78.9 Å². The molecule has 1 saturated carbocycles. The second-order valence-electron chi connectivity index (χ2n) is 9.78. The third-order valence-corrected chi connectivity index (χ3v) is 7.35. The molecule has 4 rings (SSSR count). The molecule has 1 heteroatoms. The van der Waals surface area contributed by atoms with E-state index in [1.807, 2.05) is 24.3 Å². The molecule has 0 aromatic heterocycles. The lowest BCUT2D eigenvalue weighted by atomic mass is 9.76. The van der Waals surface area contributed by atoms with Gasteiger partial charge in [-0.15, -0.1) is 0 Å². The Bertz CT molecular complexity index is 1050. The number of nitriles is 1. The van der Waals surface area contributed by atoms with Gasteiger partial charge in [0, 0.05) is 0 Å². The summed E-state index contributed by atoms with van der Waals surface area (Å²) in [6, 6.07) is 29.9. The second kappa shape index (κ2) is 11.7. The molecule has 168 valence electrons. The Balaban J connectivity index is 1.19. The summed E-state index contributed by atoms with van der Waals surface area (Å²) in [5.41, 5.74) is 5.98. The first-order valence-corrected chi connectivity index (χ1v) is 12.5. The van der Waals surface area contributed by atoms with Gasteiger partial charge in [-0.3, -0.25) is 0 Å². The molecule has 3 aromatic rings. The average molecular weight is 434 g/mol. The van der Waals surface area contributed by atoms with Gasteiger partial charge in [-0.2, -0.15) is 5.26 Å². The van der Waals surface area contributed by atoms with Crippen molar-refractivity contribution in [2.45, 2.75) is 57.8 Å². The molecule has 0 N–H and O–H groups in total. The number of hydrogen-bond acceptors (Lipinski definition) is 1. The average Bonchev–Trinajstić information content (AvgIpc) is 2.88. The quantitative estimate of drug-likeness (QED) is 0.326. The zero-order chi connectivity index (χ0) is 22.9. The number of nitrogens with zero attached hydrogens (tertiary/aromatic N) is 1. The summed E-state index contributed by atoms with van der Waals surface area (Å²) in [5.74, 6) is 2.47. The molecule has 0 heterocycles. The third kappa shape index (κ3) is 6.93. The molecule has 0 saturated heterocycles. The minimum absolute atomic E-state index is 0.678. The topological polar surface area (TPSA) is 23.8 Å². The molecule has 0 radical (unpaired) electrons. The molecule has 1 aliphatic rings. The smallest absolute Gasteiger partial charge is 0.0991 e. The molecular formula is C32H35N. The molecule has 0 spiro atoms. The van der Waals surface area contributed by atoms with Crippen molar-refractivity contribution >= 4 is 12.2 Å². The van der Waals surface area contributed by atoms with E-state index in [0.717, 1.165) is 17.4 Å². The van der Waals surface area contributed by atoms with Crippen LogP contribution in [0.5, 0.6) is 0 Å². The number of benzene rings is 3. The van der Waals surface area contributed by atoms with E-state index in [1.165, 1.54) is 61.6 Å². The highest BCUT2D eigenvalue weighted by atomic mass is 14.3. The van der Waals surface area contributed by atoms with Crippen molar-refractivity contribution in [3.05, 3.63) is 107 Å². The van der Waals surface area contributed by atoms with Gasteiger partial charge >= 0.3 is 0 Å². The Labute approximate surface area is 199 Å². The van der Waals surface area contributed by atoms with Crippen LogP contribution in [-0.4, -0.2) is 0 Å². The maximum Gasteiger partial charge on any atom is 0.0991 e. The molecule has 1 atom stereocenters. The van der Waals surface area contributed by atoms with Gasteiger partial charge < -0.3 is 0 Å². The summed E-state index contributed by atoms with van der Waals surface area (Å²) in [6.45, 7) is 2.39. The molecule has 3 aromatic carbocycles. The Hall–Kier alpha value is -3.11. The maximum absolute atomic E-state index is 8.90. The summed E-state index contributed by atoms with van der Waals surface area (Å²) in [6.07, 6.45) is 13.7. The Morgan fingerprint density at radius 1 is 0.788 bits per heavy atom. The van der Waals surface area contributed by atoms with Gasteiger partial charge in [-0.05, 0) is 71.4 Å². The number of rotatable bonds is 8. The van der Waals surface area contributed by atoms with Gasteiger partial charge in [0.2, 0.25) is 0 Å². The van der Waals surface area contributed by atoms with Crippen LogP contribution >= 0.6 is 0 Å². The Kier molecular flexibility index (Phi) is 8.15. The highest BCUT2D eigenvalue weighted by Crippen LogP contribution is 2.37. The van der Waals surface area contributed by atoms with E-state index >= 15 is 0 Å². The first-order chi connectivity index (χ1) is 16.2. The number of aryl methyl sites for hydroxylation is 1. The van der Waals surface area contributed by atoms with E-state index in [0.29, 0.717) is 11.5 Å². The molecule has 0 amide bonds. The summed E-state index contributed by atoms with van der Waals surface area (Å²) < 4.78 is 0. The van der Waals surface area contributed by atoms with Crippen LogP contribution in [0.3, 0.4) is 0 Å². The Morgan fingerprint density at radius 2 is 1.36 bits per heavy atom. The third-order valence-electron chi connectivity index (χ3n) is 7.35. The minimum atomic E-state index is 0.678. The van der Waals surface area contributed by atoms with Crippen LogP contribution in [0.2, 0.25) is 0 Å². The van der Waals surface area contributed by atoms with Crippen molar-refractivity contribution in [1.82, 2.24) is 0 Å². The van der Waals surface area contributed by atoms with E-state index in [2.05, 4.69) is 79.7 Å². The van der Waals surface area contributed by atoms with Gasteiger partial charge in [0.05, 0.1) is 11.6 Å². The zero-order valence-electron chi connectivity index (χ0n) is 19.8. The van der Waals surface area contributed by atoms with Crippen molar-refractivity contribution in [1.29, 1.82) is 5.26 Å². The predicted octanol–water partition coefficient (Wildman–Crippen LogP) is 8.66. The highest BCUT2D eigenvalue weighted by molar-refractivity contribution is 5.69. The summed E-state index contributed by atoms with van der Waals surface area (Å²) in [4.78, 5) is 0. The van der Waals surface area contributed by atoms with E-state index in [9.17, 15) is 0 Å². The minimum Gasteiger partial charge on any atom is -0.192 e. The molecule has 1 fully saturated rings. The van der Waals surface area contributed by atoms with Gasteiger partial charge in [0.25, 0.3) is 0 Å². The van der Waals surface area contributed by atoms with Crippen molar-refractivity contribution < 1.29 is 0 Å². The fourth-order valence-electron chi connectivity index (χ4n) is 5.20. The molecule has 1 nitrogen and oxygen atoms in total. The summed E-state index contributed by atoms with van der Waals surface area (Å²) in [5, 5.41) is 8.90. The first kappa shape index (κ1) is 23.1. The lowest BCUT2D eigenvalue weighted by Gasteiger charge is -2.30. The predicted molar refractivity (Wildman–Crippen MR) is 140 cm³/mol. The molecule has 1 aliphatic carbocycles. The lowest BCUT2D eigenvalue weighted by molar-refractivity contribution is 0.245. The molecule has 0 unspecified atom stereocenters. The maximum atomic E-state index is 8.90. The first-order valence-electron chi connectivity index (χ1n) is 12.5. The van der Waals surface area contributed by atoms with E-state index < -0.39 is 0 Å². The summed E-state index contributed by atoms with van der Waals surface area (Å²) >= 11 is 0. The van der Waals surface area contributed by atoms with Gasteiger partial charge in [0.1, 0.15) is 0 Å². The fourth-order valence-corrected chi connectivity index (χ4v) is 5.20. The van der Waals surface area contributed by atoms with Crippen LogP contribution in [0, 0.1) is 23.2 Å². The second-order valence-corrected chi connectivity index (χ2v) is 9.78. The standard InChI is InChI=1S/C32H35N/c1-25(32-5-3-2-4-6-32)23-30-19-15-28(16-20-30)13-11-26-7-9-27(10-8-26)12-14-29-17-21-31(24-33)22-18-29/h2-10,12,14,17-18,21-22,25,28,30H,11,13,15-16,19-20,23H2,1H3/t25-,28?,30?/m1/s1. The molecule has 0 aliphatic heterocycles. The molecule has 33 heavy (non-hydrogen) atoms. The van der Waals surface area contributed by atoms with Crippen molar-refractivity contribution in [3.63, 3.8) is 0 Å². The molecule has 0 bridgehead atoms. The largest absolute Gasteiger partial charge is 0.192 e. The van der Waals surface area contributed by atoms with Crippen LogP contribution in [0.4, 0.5) is 0 Å². The van der Waals surface area contributed by atoms with Crippen molar-refractivity contribution in [2.75, 3.05) is 0 Å². The SMILES string of the molecule is C[C@H](CC1CCC(CCc2ccc(C=Cc3ccc(C#N)cc3)cc2)CC1)c1ccccc1. The highest BCUT2D eigenvalue weighted by Gasteiger charge is 2.22. The normalized spacial score (nSPS) is 19.3. The van der Waals surface area contributed by atoms with Gasteiger partial charge in [-0.25, -0.2) is 0 Å². The van der Waals surface area contributed by atoms with Crippen LogP contribution in [0.1, 0.15) is 79.2 Å². The summed E-state index contributed by atoms with van der Waals surface area (Å²) in [7, 11) is 0. The van der Waals surface area contributed by atoms with E-state index in [1.54, 1.807) is 0 Å². The number of hydrogen-bond donors (Lipinski definition) is 0. The van der Waals surface area contributed by atoms with Gasteiger partial charge in [0.15, 0.2) is 0 Å². The van der Waals surface area contributed by atoms with Crippen LogP contribution < -0.4 is 0 Å². The van der Waals surface area contributed by atoms with Crippen molar-refractivity contribution in [3.8, 4) is 6.07 Å². The van der Waals surface area contributed by atoms with Crippen LogP contribution in [-0.2, 0) is 6.42 Å². The lowest BCUT2D eigenvalue weighted by Crippen LogP contribution is -2.16. The van der Waals surface area contributed by atoms with Crippen LogP contribution in [0.25, 0.3) is 12.2 Å². The van der Waals surface area contributed by atoms with E-state index in [4.69, 9.17) is 5.26 Å². The van der Waals surface area contributed by atoms with Gasteiger partial charge in [-0.1, -0.05) is 111 Å². The zero-order valence-corrected chi connectivity index (χ0v) is 19.8. The molecular weight excluding hydrogens is 398 g/mol. The van der Waals surface area contributed by atoms with Crippen molar-refractivity contribution in [2.24, 2.45) is 11.8 Å². The Morgan fingerprint density at radius 3 is 1.97 bits per heavy atom.